The Morgan fingerprint density at radius 1 is 1.14 bits per heavy atom. The third-order valence-electron chi connectivity index (χ3n) is 4.84. The lowest BCUT2D eigenvalue weighted by molar-refractivity contribution is -0.136. The second kappa shape index (κ2) is 8.74. The number of ether oxygens (including phenoxy) is 1. The monoisotopic (exact) mass is 397 g/mol. The fourth-order valence-electron chi connectivity index (χ4n) is 3.18. The van der Waals surface area contributed by atoms with E-state index in [1.165, 1.54) is 31.4 Å². The van der Waals surface area contributed by atoms with Crippen LogP contribution in [0.1, 0.15) is 27.6 Å². The van der Waals surface area contributed by atoms with Crippen LogP contribution in [0.3, 0.4) is 0 Å². The lowest BCUT2D eigenvalue weighted by Crippen LogP contribution is -2.37. The highest BCUT2D eigenvalue weighted by molar-refractivity contribution is 6.39. The minimum atomic E-state index is -0.915. The number of methoxy groups -OCH3 is 1. The summed E-state index contributed by atoms with van der Waals surface area (Å²) < 4.78 is 4.60. The van der Waals surface area contributed by atoms with E-state index in [4.69, 9.17) is 0 Å². The average molecular weight is 397 g/mol. The van der Waals surface area contributed by atoms with Gasteiger partial charge in [-0.3, -0.25) is 9.59 Å². The molecule has 0 fully saturated rings. The SMILES string of the molecule is COC(=O)c1ccc(NC(=O)C(=O)NC[C@H](O)c2ccc3c(c2)CCN3C)cc1. The molecule has 0 aromatic heterocycles. The lowest BCUT2D eigenvalue weighted by Gasteiger charge is -2.15. The zero-order valence-corrected chi connectivity index (χ0v) is 16.3. The number of aliphatic hydroxyl groups excluding tert-OH is 1. The van der Waals surface area contributed by atoms with Gasteiger partial charge in [0.05, 0.1) is 18.8 Å². The van der Waals surface area contributed by atoms with Crippen molar-refractivity contribution in [3.63, 3.8) is 0 Å². The van der Waals surface area contributed by atoms with Crippen LogP contribution in [0.2, 0.25) is 0 Å². The van der Waals surface area contributed by atoms with Crippen LogP contribution < -0.4 is 15.5 Å². The Bertz CT molecular complexity index is 926. The van der Waals surface area contributed by atoms with Gasteiger partial charge >= 0.3 is 17.8 Å². The van der Waals surface area contributed by atoms with Gasteiger partial charge in [0.25, 0.3) is 0 Å². The van der Waals surface area contributed by atoms with E-state index in [0.29, 0.717) is 16.8 Å². The van der Waals surface area contributed by atoms with Crippen LogP contribution in [0, 0.1) is 0 Å². The van der Waals surface area contributed by atoms with E-state index < -0.39 is 23.9 Å². The summed E-state index contributed by atoms with van der Waals surface area (Å²) in [7, 11) is 3.29. The number of carbonyl (C=O) groups excluding carboxylic acids is 3. The summed E-state index contributed by atoms with van der Waals surface area (Å²) in [6.45, 7) is 0.856. The molecule has 3 N–H and O–H groups in total. The van der Waals surface area contributed by atoms with Crippen LogP contribution in [-0.4, -0.2) is 50.1 Å². The normalized spacial score (nSPS) is 13.4. The molecule has 0 aliphatic carbocycles. The van der Waals surface area contributed by atoms with Gasteiger partial charge in [-0.15, -0.1) is 0 Å². The van der Waals surface area contributed by atoms with Crippen LogP contribution in [0.5, 0.6) is 0 Å². The van der Waals surface area contributed by atoms with Gasteiger partial charge in [-0.25, -0.2) is 4.79 Å². The molecule has 0 saturated heterocycles. The van der Waals surface area contributed by atoms with E-state index in [0.717, 1.165) is 24.2 Å². The van der Waals surface area contributed by atoms with Crippen molar-refractivity contribution < 1.29 is 24.2 Å². The number of likely N-dealkylation sites (N-methyl/N-ethyl adjacent to an activating group) is 1. The van der Waals surface area contributed by atoms with Crippen molar-refractivity contribution >= 4 is 29.2 Å². The fraction of sp³-hybridized carbons (Fsp3) is 0.286. The highest BCUT2D eigenvalue weighted by atomic mass is 16.5. The number of hydrogen-bond donors (Lipinski definition) is 3. The van der Waals surface area contributed by atoms with Gasteiger partial charge in [0.15, 0.2) is 0 Å². The molecular weight excluding hydrogens is 374 g/mol. The maximum Gasteiger partial charge on any atom is 0.337 e. The Hall–Kier alpha value is -3.39. The highest BCUT2D eigenvalue weighted by Gasteiger charge is 2.20. The summed E-state index contributed by atoms with van der Waals surface area (Å²) in [5, 5.41) is 15.2. The number of nitrogens with one attached hydrogen (secondary N) is 2. The van der Waals surface area contributed by atoms with E-state index >= 15 is 0 Å². The van der Waals surface area contributed by atoms with Crippen molar-refractivity contribution in [2.75, 3.05) is 37.5 Å². The van der Waals surface area contributed by atoms with Crippen molar-refractivity contribution in [1.82, 2.24) is 5.32 Å². The summed E-state index contributed by atoms with van der Waals surface area (Å²) >= 11 is 0. The zero-order chi connectivity index (χ0) is 21.0. The molecule has 2 aromatic rings. The molecule has 152 valence electrons. The van der Waals surface area contributed by atoms with Gasteiger partial charge in [-0.1, -0.05) is 12.1 Å². The Morgan fingerprint density at radius 2 is 1.86 bits per heavy atom. The summed E-state index contributed by atoms with van der Waals surface area (Å²) in [4.78, 5) is 37.6. The summed E-state index contributed by atoms with van der Waals surface area (Å²) in [5.74, 6) is -2.21. The highest BCUT2D eigenvalue weighted by Crippen LogP contribution is 2.29. The maximum absolute atomic E-state index is 12.0. The number of hydrogen-bond acceptors (Lipinski definition) is 6. The van der Waals surface area contributed by atoms with Crippen molar-refractivity contribution in [3.05, 3.63) is 59.2 Å². The van der Waals surface area contributed by atoms with E-state index in [1.807, 2.05) is 25.2 Å². The van der Waals surface area contributed by atoms with Crippen LogP contribution in [0.4, 0.5) is 11.4 Å². The smallest absolute Gasteiger partial charge is 0.337 e. The Labute approximate surface area is 168 Å². The molecule has 29 heavy (non-hydrogen) atoms. The van der Waals surface area contributed by atoms with Gasteiger partial charge in [0.2, 0.25) is 0 Å². The molecule has 1 atom stereocenters. The maximum atomic E-state index is 12.0. The topological polar surface area (TPSA) is 108 Å². The fourth-order valence-corrected chi connectivity index (χ4v) is 3.18. The van der Waals surface area contributed by atoms with Gasteiger partial charge < -0.3 is 25.4 Å². The van der Waals surface area contributed by atoms with Crippen molar-refractivity contribution in [3.8, 4) is 0 Å². The Balaban J connectivity index is 1.52. The van der Waals surface area contributed by atoms with Crippen molar-refractivity contribution in [2.24, 2.45) is 0 Å². The molecule has 1 aliphatic rings. The molecule has 0 radical (unpaired) electrons. The Morgan fingerprint density at radius 3 is 2.55 bits per heavy atom. The van der Waals surface area contributed by atoms with Crippen LogP contribution in [-0.2, 0) is 20.7 Å². The molecular formula is C21H23N3O5. The number of rotatable bonds is 5. The number of anilines is 2. The third-order valence-corrected chi connectivity index (χ3v) is 4.84. The van der Waals surface area contributed by atoms with Gasteiger partial charge in [-0.2, -0.15) is 0 Å². The first-order valence-electron chi connectivity index (χ1n) is 9.18. The van der Waals surface area contributed by atoms with Crippen LogP contribution in [0.25, 0.3) is 0 Å². The summed E-state index contributed by atoms with van der Waals surface area (Å²) in [5.41, 5.74) is 3.68. The zero-order valence-electron chi connectivity index (χ0n) is 16.3. The van der Waals surface area contributed by atoms with Crippen molar-refractivity contribution in [1.29, 1.82) is 0 Å². The summed E-state index contributed by atoms with van der Waals surface area (Å²) in [6.07, 6.45) is -0.00192. The molecule has 0 bridgehead atoms. The molecule has 8 heteroatoms. The van der Waals surface area contributed by atoms with E-state index in [1.54, 1.807) is 0 Å². The molecule has 3 rings (SSSR count). The number of aliphatic hydroxyl groups is 1. The lowest BCUT2D eigenvalue weighted by atomic mass is 10.0. The molecule has 0 spiro atoms. The largest absolute Gasteiger partial charge is 0.465 e. The van der Waals surface area contributed by atoms with E-state index in [-0.39, 0.29) is 6.54 Å². The number of nitrogens with zero attached hydrogens (tertiary/aromatic N) is 1. The first-order valence-corrected chi connectivity index (χ1v) is 9.18. The number of carbonyl (C=O) groups is 3. The molecule has 2 aromatic carbocycles. The van der Waals surface area contributed by atoms with Crippen LogP contribution >= 0.6 is 0 Å². The Kier molecular flexibility index (Phi) is 6.13. The standard InChI is InChI=1S/C21H23N3O5/c1-24-10-9-14-11-15(5-8-17(14)24)18(25)12-22-19(26)20(27)23-16-6-3-13(4-7-16)21(28)29-2/h3-8,11,18,25H,9-10,12H2,1-2H3,(H,22,26)(H,23,27)/t18-/m0/s1. The van der Waals surface area contributed by atoms with Gasteiger partial charge in [0, 0.05) is 31.5 Å². The van der Waals surface area contributed by atoms with E-state index in [9.17, 15) is 19.5 Å². The second-order valence-corrected chi connectivity index (χ2v) is 6.81. The number of benzene rings is 2. The molecule has 0 unspecified atom stereocenters. The molecule has 1 aliphatic heterocycles. The molecule has 0 saturated carbocycles. The van der Waals surface area contributed by atoms with Gasteiger partial charge in [0.1, 0.15) is 0 Å². The quantitative estimate of drug-likeness (QED) is 0.518. The van der Waals surface area contributed by atoms with E-state index in [2.05, 4.69) is 20.3 Å². The van der Waals surface area contributed by atoms with Crippen LogP contribution in [0.15, 0.2) is 42.5 Å². The summed E-state index contributed by atoms with van der Waals surface area (Å²) in [6, 6.07) is 11.6. The average Bonchev–Trinajstić information content (AvgIpc) is 3.11. The number of esters is 1. The van der Waals surface area contributed by atoms with Crippen molar-refractivity contribution in [2.45, 2.75) is 12.5 Å². The third kappa shape index (κ3) is 4.72. The molecule has 8 nitrogen and oxygen atoms in total. The molecule has 2 amide bonds. The predicted octanol–water partition coefficient (Wildman–Crippen LogP) is 1.25. The first kappa shape index (κ1) is 20.3. The minimum Gasteiger partial charge on any atom is -0.465 e. The minimum absolute atomic E-state index is 0.0812. The molecule has 1 heterocycles. The number of fused-ring (bicyclic) bond motifs is 1. The predicted molar refractivity (Wildman–Crippen MR) is 108 cm³/mol. The van der Waals surface area contributed by atoms with Gasteiger partial charge in [-0.05, 0) is 47.9 Å². The number of amides is 2. The second-order valence-electron chi connectivity index (χ2n) is 6.81. The first-order chi connectivity index (χ1) is 13.9.